The van der Waals surface area contributed by atoms with Crippen LogP contribution in [0.1, 0.15) is 36.0 Å². The number of nitrogens with zero attached hydrogens (tertiary/aromatic N) is 1. The third-order valence-corrected chi connectivity index (χ3v) is 4.29. The van der Waals surface area contributed by atoms with Gasteiger partial charge in [0.1, 0.15) is 0 Å². The maximum atomic E-state index is 12.5. The Bertz CT molecular complexity index is 878. The van der Waals surface area contributed by atoms with E-state index in [1.165, 1.54) is 12.3 Å². The number of carbonyl (C=O) groups excluding carboxylic acids is 1. The van der Waals surface area contributed by atoms with Gasteiger partial charge in [0.2, 0.25) is 0 Å². The molecule has 1 saturated carbocycles. The predicted octanol–water partition coefficient (Wildman–Crippen LogP) is 1.75. The van der Waals surface area contributed by atoms with E-state index in [0.29, 0.717) is 17.1 Å². The first-order valence-corrected chi connectivity index (χ1v) is 8.24. The first-order chi connectivity index (χ1) is 12.1. The highest BCUT2D eigenvalue weighted by Gasteiger charge is 2.19. The van der Waals surface area contributed by atoms with E-state index in [2.05, 4.69) is 4.98 Å². The van der Waals surface area contributed by atoms with Gasteiger partial charge in [-0.25, -0.2) is 4.79 Å². The zero-order valence-electron chi connectivity index (χ0n) is 14.0. The molecule has 0 spiro atoms. The average Bonchev–Trinajstić information content (AvgIpc) is 3.10. The number of aromatic amines is 1. The lowest BCUT2D eigenvalue weighted by Crippen LogP contribution is -2.30. The normalized spacial score (nSPS) is 14.4. The lowest BCUT2D eigenvalue weighted by atomic mass is 10.1. The minimum absolute atomic E-state index is 0.140. The SMILES string of the molecule is COc1ccc(C(=O)Cn2ccc(=O)[nH]c2=O)cc1OC1CCCC1. The van der Waals surface area contributed by atoms with E-state index < -0.39 is 11.2 Å². The molecule has 7 heteroatoms. The first kappa shape index (κ1) is 17.0. The second kappa shape index (κ2) is 7.38. The average molecular weight is 344 g/mol. The number of benzene rings is 1. The van der Waals surface area contributed by atoms with Crippen LogP contribution < -0.4 is 20.7 Å². The van der Waals surface area contributed by atoms with Gasteiger partial charge in [0, 0.05) is 17.8 Å². The third-order valence-electron chi connectivity index (χ3n) is 4.29. The van der Waals surface area contributed by atoms with E-state index >= 15 is 0 Å². The number of Topliss-reactive ketones (excluding diaryl/α,β-unsaturated/α-hetero) is 1. The molecule has 1 fully saturated rings. The summed E-state index contributed by atoms with van der Waals surface area (Å²) >= 11 is 0. The van der Waals surface area contributed by atoms with Crippen LogP contribution in [0.25, 0.3) is 0 Å². The van der Waals surface area contributed by atoms with Crippen LogP contribution in [0, 0.1) is 0 Å². The van der Waals surface area contributed by atoms with Crippen LogP contribution in [-0.2, 0) is 6.54 Å². The molecule has 1 N–H and O–H groups in total. The van der Waals surface area contributed by atoms with Gasteiger partial charge >= 0.3 is 5.69 Å². The van der Waals surface area contributed by atoms with E-state index in [1.807, 2.05) is 0 Å². The molecule has 1 heterocycles. The highest BCUT2D eigenvalue weighted by Crippen LogP contribution is 2.32. The molecular formula is C18H20N2O5. The lowest BCUT2D eigenvalue weighted by Gasteiger charge is -2.16. The van der Waals surface area contributed by atoms with E-state index in [9.17, 15) is 14.4 Å². The van der Waals surface area contributed by atoms with Gasteiger partial charge in [0.25, 0.3) is 5.56 Å². The summed E-state index contributed by atoms with van der Waals surface area (Å²) < 4.78 is 12.5. The fourth-order valence-corrected chi connectivity index (χ4v) is 2.94. The van der Waals surface area contributed by atoms with Crippen LogP contribution in [0.15, 0.2) is 40.1 Å². The summed E-state index contributed by atoms with van der Waals surface area (Å²) in [5.74, 6) is 0.854. The molecule has 0 atom stereocenters. The number of methoxy groups -OCH3 is 1. The summed E-state index contributed by atoms with van der Waals surface area (Å²) in [7, 11) is 1.55. The standard InChI is InChI=1S/C18H20N2O5/c1-24-15-7-6-12(10-16(15)25-13-4-2-3-5-13)14(21)11-20-9-8-17(22)19-18(20)23/h6-10,13H,2-5,11H2,1H3,(H,19,22,23). The Balaban J connectivity index is 1.82. The largest absolute Gasteiger partial charge is 0.493 e. The molecule has 0 bridgehead atoms. The second-order valence-corrected chi connectivity index (χ2v) is 6.05. The van der Waals surface area contributed by atoms with Crippen molar-refractivity contribution in [3.8, 4) is 11.5 Å². The summed E-state index contributed by atoms with van der Waals surface area (Å²) in [6.45, 7) is -0.162. The molecule has 1 aromatic carbocycles. The third kappa shape index (κ3) is 3.99. The number of rotatable bonds is 6. The van der Waals surface area contributed by atoms with Gasteiger partial charge < -0.3 is 9.47 Å². The topological polar surface area (TPSA) is 90.4 Å². The minimum Gasteiger partial charge on any atom is -0.493 e. The maximum absolute atomic E-state index is 12.5. The van der Waals surface area contributed by atoms with Crippen molar-refractivity contribution in [2.75, 3.05) is 7.11 Å². The molecule has 0 radical (unpaired) electrons. The number of hydrogen-bond donors (Lipinski definition) is 1. The van der Waals surface area contributed by atoms with Gasteiger partial charge in [-0.05, 0) is 43.9 Å². The molecule has 0 aliphatic heterocycles. The Morgan fingerprint density at radius 2 is 1.96 bits per heavy atom. The predicted molar refractivity (Wildman–Crippen MR) is 91.5 cm³/mol. The number of ether oxygens (including phenoxy) is 2. The summed E-state index contributed by atoms with van der Waals surface area (Å²) in [5.41, 5.74) is -0.686. The van der Waals surface area contributed by atoms with Crippen LogP contribution in [-0.4, -0.2) is 28.5 Å². The highest BCUT2D eigenvalue weighted by atomic mass is 16.5. The van der Waals surface area contributed by atoms with Gasteiger partial charge in [0.15, 0.2) is 17.3 Å². The van der Waals surface area contributed by atoms with Crippen molar-refractivity contribution in [1.82, 2.24) is 9.55 Å². The fraction of sp³-hybridized carbons (Fsp3) is 0.389. The molecule has 0 saturated heterocycles. The summed E-state index contributed by atoms with van der Waals surface area (Å²) in [6.07, 6.45) is 5.71. The Morgan fingerprint density at radius 3 is 2.64 bits per heavy atom. The molecule has 3 rings (SSSR count). The minimum atomic E-state index is -0.614. The van der Waals surface area contributed by atoms with Crippen LogP contribution in [0.5, 0.6) is 11.5 Å². The van der Waals surface area contributed by atoms with Crippen LogP contribution in [0.2, 0.25) is 0 Å². The first-order valence-electron chi connectivity index (χ1n) is 8.24. The van der Waals surface area contributed by atoms with Crippen molar-refractivity contribution in [3.63, 3.8) is 0 Å². The van der Waals surface area contributed by atoms with Crippen molar-refractivity contribution < 1.29 is 14.3 Å². The smallest absolute Gasteiger partial charge is 0.328 e. The Kier molecular flexibility index (Phi) is 5.02. The van der Waals surface area contributed by atoms with Gasteiger partial charge in [-0.15, -0.1) is 0 Å². The number of aromatic nitrogens is 2. The number of nitrogens with one attached hydrogen (secondary N) is 1. The maximum Gasteiger partial charge on any atom is 0.328 e. The van der Waals surface area contributed by atoms with Crippen LogP contribution in [0.3, 0.4) is 0 Å². The molecule has 25 heavy (non-hydrogen) atoms. The van der Waals surface area contributed by atoms with E-state index in [1.54, 1.807) is 25.3 Å². The summed E-state index contributed by atoms with van der Waals surface area (Å²) in [5, 5.41) is 0. The summed E-state index contributed by atoms with van der Waals surface area (Å²) in [6, 6.07) is 6.18. The molecule has 0 unspecified atom stereocenters. The van der Waals surface area contributed by atoms with Crippen molar-refractivity contribution in [1.29, 1.82) is 0 Å². The highest BCUT2D eigenvalue weighted by molar-refractivity contribution is 5.96. The van der Waals surface area contributed by atoms with Gasteiger partial charge in [-0.1, -0.05) is 0 Å². The number of ketones is 1. The monoisotopic (exact) mass is 344 g/mol. The van der Waals surface area contributed by atoms with Crippen molar-refractivity contribution in [2.45, 2.75) is 38.3 Å². The number of H-pyrrole nitrogens is 1. The van der Waals surface area contributed by atoms with Crippen LogP contribution >= 0.6 is 0 Å². The Hall–Kier alpha value is -2.83. The van der Waals surface area contributed by atoms with E-state index in [0.717, 1.165) is 30.3 Å². The van der Waals surface area contributed by atoms with E-state index in [4.69, 9.17) is 9.47 Å². The summed E-state index contributed by atoms with van der Waals surface area (Å²) in [4.78, 5) is 37.4. The van der Waals surface area contributed by atoms with Crippen molar-refractivity contribution in [2.24, 2.45) is 0 Å². The molecule has 0 amide bonds. The second-order valence-electron chi connectivity index (χ2n) is 6.05. The van der Waals surface area contributed by atoms with Crippen molar-refractivity contribution in [3.05, 3.63) is 56.9 Å². The molecule has 1 aliphatic rings. The number of carbonyl (C=O) groups is 1. The zero-order chi connectivity index (χ0) is 17.8. The Morgan fingerprint density at radius 1 is 1.20 bits per heavy atom. The molecule has 1 aromatic heterocycles. The van der Waals surface area contributed by atoms with Gasteiger partial charge in [-0.2, -0.15) is 0 Å². The van der Waals surface area contributed by atoms with Crippen LogP contribution in [0.4, 0.5) is 0 Å². The molecule has 2 aromatic rings. The van der Waals surface area contributed by atoms with Gasteiger partial charge in [0.05, 0.1) is 19.8 Å². The molecular weight excluding hydrogens is 324 g/mol. The molecule has 132 valence electrons. The zero-order valence-corrected chi connectivity index (χ0v) is 14.0. The molecule has 1 aliphatic carbocycles. The fourth-order valence-electron chi connectivity index (χ4n) is 2.94. The lowest BCUT2D eigenvalue weighted by molar-refractivity contribution is 0.0969. The quantitative estimate of drug-likeness (QED) is 0.806. The van der Waals surface area contributed by atoms with E-state index in [-0.39, 0.29) is 18.4 Å². The molecule has 7 nitrogen and oxygen atoms in total. The van der Waals surface area contributed by atoms with Crippen molar-refractivity contribution >= 4 is 5.78 Å². The number of hydrogen-bond acceptors (Lipinski definition) is 5. The van der Waals surface area contributed by atoms with Gasteiger partial charge in [-0.3, -0.25) is 19.1 Å². The Labute approximate surface area is 144 Å².